The van der Waals surface area contributed by atoms with E-state index >= 15 is 0 Å². The molecule has 0 spiro atoms. The minimum atomic E-state index is -0.121. The lowest BCUT2D eigenvalue weighted by Gasteiger charge is -2.19. The van der Waals surface area contributed by atoms with Gasteiger partial charge in [-0.15, -0.1) is 0 Å². The Morgan fingerprint density at radius 3 is 2.39 bits per heavy atom. The van der Waals surface area contributed by atoms with Gasteiger partial charge < -0.3 is 9.47 Å². The quantitative estimate of drug-likeness (QED) is 0.273. The van der Waals surface area contributed by atoms with Crippen molar-refractivity contribution in [2.45, 2.75) is 20.5 Å². The number of ether oxygens (including phenoxy) is 2. The van der Waals surface area contributed by atoms with Gasteiger partial charge in [0.05, 0.1) is 17.7 Å². The Kier molecular flexibility index (Phi) is 7.08. The Hall–Kier alpha value is -2.80. The highest BCUT2D eigenvalue weighted by atomic mass is 35.5. The molecule has 1 fully saturated rings. The third-order valence-corrected chi connectivity index (χ3v) is 6.80. The van der Waals surface area contributed by atoms with Crippen LogP contribution < -0.4 is 14.4 Å². The van der Waals surface area contributed by atoms with Crippen molar-refractivity contribution in [3.05, 3.63) is 92.8 Å². The van der Waals surface area contributed by atoms with Gasteiger partial charge in [-0.05, 0) is 66.4 Å². The number of carbonyl (C=O) groups is 1. The van der Waals surface area contributed by atoms with E-state index < -0.39 is 0 Å². The maximum atomic E-state index is 13.2. The number of thioether (sulfide) groups is 1. The molecule has 0 N–H and O–H groups in total. The average molecular weight is 496 g/mol. The lowest BCUT2D eigenvalue weighted by atomic mass is 10.1. The number of thiocarbonyl (C=S) groups is 1. The summed E-state index contributed by atoms with van der Waals surface area (Å²) in [6.07, 6.45) is 1.83. The zero-order valence-corrected chi connectivity index (χ0v) is 20.8. The number of halogens is 1. The second-order valence-electron chi connectivity index (χ2n) is 7.58. The number of hydrogen-bond donors (Lipinski definition) is 0. The number of benzene rings is 3. The standard InChI is InChI=1S/C26H22ClNO3S2/c1-16-5-4-6-17(2)24(16)28-25(29)23(33-26(28)32)14-19-9-12-21(22(13-19)30-3)31-15-18-7-10-20(27)11-8-18/h4-14H,15H2,1-3H3/b23-14-. The molecule has 7 heteroatoms. The molecule has 3 aromatic rings. The number of anilines is 1. The van der Waals surface area contributed by atoms with Crippen molar-refractivity contribution < 1.29 is 14.3 Å². The fourth-order valence-electron chi connectivity index (χ4n) is 3.61. The highest BCUT2D eigenvalue weighted by Crippen LogP contribution is 2.39. The summed E-state index contributed by atoms with van der Waals surface area (Å²) in [5, 5.41) is 0.684. The molecule has 0 aliphatic carbocycles. The third kappa shape index (κ3) is 5.08. The van der Waals surface area contributed by atoms with Crippen LogP contribution in [0.5, 0.6) is 11.5 Å². The summed E-state index contributed by atoms with van der Waals surface area (Å²) >= 11 is 12.8. The van der Waals surface area contributed by atoms with Crippen LogP contribution in [-0.4, -0.2) is 17.3 Å². The van der Waals surface area contributed by atoms with E-state index in [-0.39, 0.29) is 5.91 Å². The first-order valence-corrected chi connectivity index (χ1v) is 11.9. The molecule has 168 valence electrons. The van der Waals surface area contributed by atoms with Crippen LogP contribution in [0.15, 0.2) is 65.6 Å². The molecule has 1 aliphatic rings. The number of methoxy groups -OCH3 is 1. The van der Waals surface area contributed by atoms with Crippen LogP contribution in [0.4, 0.5) is 5.69 Å². The first-order valence-electron chi connectivity index (χ1n) is 10.3. The van der Waals surface area contributed by atoms with Crippen molar-refractivity contribution in [3.8, 4) is 11.5 Å². The van der Waals surface area contributed by atoms with Crippen LogP contribution in [-0.2, 0) is 11.4 Å². The first kappa shape index (κ1) is 23.4. The molecule has 33 heavy (non-hydrogen) atoms. The van der Waals surface area contributed by atoms with Crippen LogP contribution in [0.25, 0.3) is 6.08 Å². The van der Waals surface area contributed by atoms with Crippen LogP contribution in [0.2, 0.25) is 5.02 Å². The summed E-state index contributed by atoms with van der Waals surface area (Å²) in [6.45, 7) is 4.36. The van der Waals surface area contributed by atoms with E-state index in [1.54, 1.807) is 12.0 Å². The largest absolute Gasteiger partial charge is 0.493 e. The van der Waals surface area contributed by atoms with Crippen molar-refractivity contribution in [2.24, 2.45) is 0 Å². The Labute approximate surface area is 208 Å². The third-order valence-electron chi connectivity index (χ3n) is 5.25. The molecule has 0 atom stereocenters. The van der Waals surface area contributed by atoms with Crippen molar-refractivity contribution in [2.75, 3.05) is 12.0 Å². The fraction of sp³-hybridized carbons (Fsp3) is 0.154. The van der Waals surface area contributed by atoms with E-state index in [4.69, 9.17) is 33.3 Å². The zero-order chi connectivity index (χ0) is 23.5. The van der Waals surface area contributed by atoms with E-state index in [0.717, 1.165) is 27.9 Å². The molecular weight excluding hydrogens is 474 g/mol. The predicted molar refractivity (Wildman–Crippen MR) is 140 cm³/mol. The monoisotopic (exact) mass is 495 g/mol. The van der Waals surface area contributed by atoms with Gasteiger partial charge in [0.15, 0.2) is 15.8 Å². The van der Waals surface area contributed by atoms with Crippen LogP contribution in [0.3, 0.4) is 0 Å². The van der Waals surface area contributed by atoms with Gasteiger partial charge in [-0.3, -0.25) is 9.69 Å². The molecule has 0 aromatic heterocycles. The fourth-order valence-corrected chi connectivity index (χ4v) is 5.00. The maximum absolute atomic E-state index is 13.2. The molecular formula is C26H22ClNO3S2. The van der Waals surface area contributed by atoms with Crippen molar-refractivity contribution in [1.82, 2.24) is 0 Å². The number of carbonyl (C=O) groups excluding carboxylic acids is 1. The number of nitrogens with zero attached hydrogens (tertiary/aromatic N) is 1. The lowest BCUT2D eigenvalue weighted by Crippen LogP contribution is -2.29. The Morgan fingerprint density at radius 1 is 1.03 bits per heavy atom. The SMILES string of the molecule is COc1cc(/C=C2\SC(=S)N(c3c(C)cccc3C)C2=O)ccc1OCc1ccc(Cl)cc1. The van der Waals surface area contributed by atoms with Crippen molar-refractivity contribution >= 4 is 57.6 Å². The second kappa shape index (κ2) is 10.00. The van der Waals surface area contributed by atoms with Gasteiger partial charge >= 0.3 is 0 Å². The van der Waals surface area contributed by atoms with Gasteiger partial charge in [0.25, 0.3) is 5.91 Å². The summed E-state index contributed by atoms with van der Waals surface area (Å²) in [5.74, 6) is 1.08. The molecule has 0 radical (unpaired) electrons. The van der Waals surface area contributed by atoms with E-state index in [1.807, 2.05) is 80.6 Å². The normalized spacial score (nSPS) is 14.8. The van der Waals surface area contributed by atoms with Crippen molar-refractivity contribution in [1.29, 1.82) is 0 Å². The Balaban J connectivity index is 1.55. The maximum Gasteiger partial charge on any atom is 0.270 e. The average Bonchev–Trinajstić information content (AvgIpc) is 3.07. The summed E-state index contributed by atoms with van der Waals surface area (Å²) in [6, 6.07) is 19.0. The molecule has 1 aliphatic heterocycles. The van der Waals surface area contributed by atoms with E-state index in [0.29, 0.717) is 32.4 Å². The summed E-state index contributed by atoms with van der Waals surface area (Å²) in [4.78, 5) is 15.4. The molecule has 3 aromatic carbocycles. The van der Waals surface area contributed by atoms with Crippen molar-refractivity contribution in [3.63, 3.8) is 0 Å². The zero-order valence-electron chi connectivity index (χ0n) is 18.4. The van der Waals surface area contributed by atoms with E-state index in [2.05, 4.69) is 0 Å². The number of aryl methyl sites for hydroxylation is 2. The minimum Gasteiger partial charge on any atom is -0.493 e. The number of rotatable bonds is 6. The topological polar surface area (TPSA) is 38.8 Å². The summed E-state index contributed by atoms with van der Waals surface area (Å²) in [7, 11) is 1.59. The molecule has 1 heterocycles. The Morgan fingerprint density at radius 2 is 1.73 bits per heavy atom. The van der Waals surface area contributed by atoms with Crippen LogP contribution in [0, 0.1) is 13.8 Å². The van der Waals surface area contributed by atoms with Gasteiger partial charge in [-0.2, -0.15) is 0 Å². The molecule has 0 saturated carbocycles. The van der Waals surface area contributed by atoms with Crippen LogP contribution in [0.1, 0.15) is 22.3 Å². The van der Waals surface area contributed by atoms with Gasteiger partial charge in [0.2, 0.25) is 0 Å². The highest BCUT2D eigenvalue weighted by molar-refractivity contribution is 8.27. The number of hydrogen-bond acceptors (Lipinski definition) is 5. The molecule has 0 bridgehead atoms. The number of amides is 1. The predicted octanol–water partition coefficient (Wildman–Crippen LogP) is 6.95. The van der Waals surface area contributed by atoms with Gasteiger partial charge in [0.1, 0.15) is 6.61 Å². The van der Waals surface area contributed by atoms with Gasteiger partial charge in [0, 0.05) is 5.02 Å². The molecule has 4 rings (SSSR count). The summed E-state index contributed by atoms with van der Waals surface area (Å²) < 4.78 is 12.0. The lowest BCUT2D eigenvalue weighted by molar-refractivity contribution is -0.113. The molecule has 4 nitrogen and oxygen atoms in total. The first-order chi connectivity index (χ1) is 15.9. The number of para-hydroxylation sites is 1. The van der Waals surface area contributed by atoms with Gasteiger partial charge in [-0.1, -0.05) is 72.0 Å². The smallest absolute Gasteiger partial charge is 0.270 e. The van der Waals surface area contributed by atoms with E-state index in [1.165, 1.54) is 11.8 Å². The Bertz CT molecular complexity index is 1230. The highest BCUT2D eigenvalue weighted by Gasteiger charge is 2.34. The van der Waals surface area contributed by atoms with Crippen LogP contribution >= 0.6 is 35.6 Å². The summed E-state index contributed by atoms with van der Waals surface area (Å²) in [5.41, 5.74) is 4.70. The van der Waals surface area contributed by atoms with Gasteiger partial charge in [-0.25, -0.2) is 0 Å². The molecule has 1 amide bonds. The molecule has 0 unspecified atom stereocenters. The van der Waals surface area contributed by atoms with E-state index in [9.17, 15) is 4.79 Å². The second-order valence-corrected chi connectivity index (χ2v) is 9.70. The molecule has 1 saturated heterocycles. The minimum absolute atomic E-state index is 0.121.